The smallest absolute Gasteiger partial charge is 0.311 e. The highest BCUT2D eigenvalue weighted by Gasteiger charge is 2.39. The van der Waals surface area contributed by atoms with Gasteiger partial charge in [-0.1, -0.05) is 67.9 Å². The number of benzene rings is 2. The van der Waals surface area contributed by atoms with E-state index in [1.165, 1.54) is 6.07 Å². The predicted molar refractivity (Wildman–Crippen MR) is 109 cm³/mol. The van der Waals surface area contributed by atoms with Gasteiger partial charge in [0, 0.05) is 12.3 Å². The summed E-state index contributed by atoms with van der Waals surface area (Å²) in [6.07, 6.45) is -1.34. The van der Waals surface area contributed by atoms with Gasteiger partial charge in [0.05, 0.1) is 12.5 Å². The second-order valence-electron chi connectivity index (χ2n) is 7.29. The Morgan fingerprint density at radius 2 is 1.62 bits per heavy atom. The van der Waals surface area contributed by atoms with Crippen molar-refractivity contribution in [2.75, 3.05) is 0 Å². The van der Waals surface area contributed by atoms with Crippen LogP contribution in [0.4, 0.5) is 13.2 Å². The molecule has 0 aliphatic rings. The molecule has 29 heavy (non-hydrogen) atoms. The molecule has 0 saturated carbocycles. The molecule has 0 aliphatic carbocycles. The topological polar surface area (TPSA) is 22.0 Å². The lowest BCUT2D eigenvalue weighted by molar-refractivity contribution is -0.152. The fraction of sp³-hybridized carbons (Fsp3) is 0.292. The molecular formula is C24H24F3NO. The summed E-state index contributed by atoms with van der Waals surface area (Å²) in [5.74, 6) is -1.42. The fourth-order valence-electron chi connectivity index (χ4n) is 3.51. The Kier molecular flexibility index (Phi) is 6.57. The average Bonchev–Trinajstić information content (AvgIpc) is 2.69. The molecule has 5 heteroatoms. The lowest BCUT2D eigenvalue weighted by Crippen LogP contribution is -2.20. The summed E-state index contributed by atoms with van der Waals surface area (Å²) < 4.78 is 41.8. The van der Waals surface area contributed by atoms with Gasteiger partial charge in [0.2, 0.25) is 0 Å². The van der Waals surface area contributed by atoms with Crippen LogP contribution in [0.1, 0.15) is 47.9 Å². The molecule has 152 valence electrons. The van der Waals surface area contributed by atoms with Crippen molar-refractivity contribution in [2.45, 2.75) is 44.8 Å². The Morgan fingerprint density at radius 3 is 2.28 bits per heavy atom. The highest BCUT2D eigenvalue weighted by molar-refractivity contribution is 5.33. The van der Waals surface area contributed by atoms with Crippen molar-refractivity contribution in [3.8, 4) is 0 Å². The molecule has 0 aliphatic heterocycles. The standard InChI is InChI=1S/C24H24F3NO/c1-2-6-22(24(25,26)27)21-8-5-7-20(16-21)15-18-10-12-19(13-11-18)17-28-14-4-3-9-23(28)29/h3-5,7-14,16,22H,2,6,15,17H2,1H3. The van der Waals surface area contributed by atoms with E-state index >= 15 is 0 Å². The summed E-state index contributed by atoms with van der Waals surface area (Å²) >= 11 is 0. The second-order valence-corrected chi connectivity index (χ2v) is 7.29. The zero-order valence-electron chi connectivity index (χ0n) is 16.3. The second kappa shape index (κ2) is 9.12. The first-order valence-corrected chi connectivity index (χ1v) is 9.75. The Hall–Kier alpha value is -2.82. The third-order valence-electron chi connectivity index (χ3n) is 5.01. The number of aromatic nitrogens is 1. The maximum absolute atomic E-state index is 13.4. The molecule has 1 atom stereocenters. The van der Waals surface area contributed by atoms with Crippen molar-refractivity contribution in [1.82, 2.24) is 4.57 Å². The van der Waals surface area contributed by atoms with Gasteiger partial charge < -0.3 is 4.57 Å². The van der Waals surface area contributed by atoms with Gasteiger partial charge in [0.1, 0.15) is 0 Å². The van der Waals surface area contributed by atoms with Gasteiger partial charge in [-0.15, -0.1) is 0 Å². The molecule has 0 bridgehead atoms. The highest BCUT2D eigenvalue weighted by Crippen LogP contribution is 2.38. The zero-order chi connectivity index (χ0) is 20.9. The lowest BCUT2D eigenvalue weighted by atomic mass is 9.91. The van der Waals surface area contributed by atoms with E-state index in [0.717, 1.165) is 16.7 Å². The normalized spacial score (nSPS) is 12.7. The maximum atomic E-state index is 13.4. The predicted octanol–water partition coefficient (Wildman–Crippen LogP) is 5.93. The first-order chi connectivity index (χ1) is 13.9. The third kappa shape index (κ3) is 5.59. The van der Waals surface area contributed by atoms with Gasteiger partial charge in [-0.05, 0) is 41.2 Å². The average molecular weight is 399 g/mol. The van der Waals surface area contributed by atoms with Crippen molar-refractivity contribution >= 4 is 0 Å². The molecule has 3 aromatic rings. The van der Waals surface area contributed by atoms with E-state index in [1.807, 2.05) is 36.4 Å². The number of pyridine rings is 1. The van der Waals surface area contributed by atoms with Crippen molar-refractivity contribution in [3.05, 3.63) is 106 Å². The first kappa shape index (κ1) is 20.9. The molecule has 0 saturated heterocycles. The number of halogens is 3. The molecule has 3 rings (SSSR count). The van der Waals surface area contributed by atoms with Gasteiger partial charge in [0.25, 0.3) is 5.56 Å². The highest BCUT2D eigenvalue weighted by atomic mass is 19.4. The van der Waals surface area contributed by atoms with Crippen LogP contribution >= 0.6 is 0 Å². The van der Waals surface area contributed by atoms with Crippen molar-refractivity contribution < 1.29 is 13.2 Å². The minimum Gasteiger partial charge on any atom is -0.311 e. The summed E-state index contributed by atoms with van der Waals surface area (Å²) in [5.41, 5.74) is 3.15. The number of hydrogen-bond donors (Lipinski definition) is 0. The minimum absolute atomic E-state index is 0.0558. The maximum Gasteiger partial charge on any atom is 0.395 e. The van der Waals surface area contributed by atoms with Crippen LogP contribution in [-0.2, 0) is 13.0 Å². The van der Waals surface area contributed by atoms with Crippen LogP contribution < -0.4 is 5.56 Å². The van der Waals surface area contributed by atoms with E-state index in [2.05, 4.69) is 0 Å². The van der Waals surface area contributed by atoms with Crippen molar-refractivity contribution in [2.24, 2.45) is 0 Å². The van der Waals surface area contributed by atoms with Gasteiger partial charge >= 0.3 is 6.18 Å². The van der Waals surface area contributed by atoms with E-state index in [1.54, 1.807) is 42.0 Å². The van der Waals surface area contributed by atoms with Gasteiger partial charge in [-0.25, -0.2) is 0 Å². The third-order valence-corrected chi connectivity index (χ3v) is 5.01. The molecule has 0 amide bonds. The molecule has 2 aromatic carbocycles. The first-order valence-electron chi connectivity index (χ1n) is 9.75. The van der Waals surface area contributed by atoms with E-state index in [-0.39, 0.29) is 12.0 Å². The summed E-state index contributed by atoms with van der Waals surface area (Å²) in [6, 6.07) is 19.7. The zero-order valence-corrected chi connectivity index (χ0v) is 16.3. The van der Waals surface area contributed by atoms with Gasteiger partial charge in [-0.3, -0.25) is 4.79 Å². The van der Waals surface area contributed by atoms with E-state index in [4.69, 9.17) is 0 Å². The monoisotopic (exact) mass is 399 g/mol. The van der Waals surface area contributed by atoms with Crippen LogP contribution in [-0.4, -0.2) is 10.7 Å². The summed E-state index contributed by atoms with van der Waals surface area (Å²) in [5, 5.41) is 0. The minimum atomic E-state index is -4.23. The number of alkyl halides is 3. The number of nitrogens with zero attached hydrogens (tertiary/aromatic N) is 1. The van der Waals surface area contributed by atoms with Crippen LogP contribution in [0.15, 0.2) is 77.7 Å². The van der Waals surface area contributed by atoms with Crippen molar-refractivity contribution in [1.29, 1.82) is 0 Å². The number of hydrogen-bond acceptors (Lipinski definition) is 1. The Labute approximate surface area is 168 Å². The Bertz CT molecular complexity index is 990. The molecule has 0 fully saturated rings. The van der Waals surface area contributed by atoms with Crippen LogP contribution in [0.5, 0.6) is 0 Å². The Balaban J connectivity index is 1.73. The van der Waals surface area contributed by atoms with Crippen LogP contribution in [0, 0.1) is 0 Å². The summed E-state index contributed by atoms with van der Waals surface area (Å²) in [6.45, 7) is 2.26. The number of rotatable bonds is 7. The Morgan fingerprint density at radius 1 is 0.897 bits per heavy atom. The van der Waals surface area contributed by atoms with E-state index < -0.39 is 12.1 Å². The van der Waals surface area contributed by atoms with Gasteiger partial charge in [-0.2, -0.15) is 13.2 Å². The molecule has 1 heterocycles. The lowest BCUT2D eigenvalue weighted by Gasteiger charge is -2.20. The summed E-state index contributed by atoms with van der Waals surface area (Å²) in [7, 11) is 0. The van der Waals surface area contributed by atoms with Crippen LogP contribution in [0.25, 0.3) is 0 Å². The molecule has 1 unspecified atom stereocenters. The summed E-state index contributed by atoms with van der Waals surface area (Å²) in [4.78, 5) is 11.8. The molecular weight excluding hydrogens is 375 g/mol. The van der Waals surface area contributed by atoms with Crippen molar-refractivity contribution in [3.63, 3.8) is 0 Å². The van der Waals surface area contributed by atoms with E-state index in [0.29, 0.717) is 24.9 Å². The van der Waals surface area contributed by atoms with E-state index in [9.17, 15) is 18.0 Å². The SMILES string of the molecule is CCCC(c1cccc(Cc2ccc(Cn3ccccc3=O)cc2)c1)C(F)(F)F. The van der Waals surface area contributed by atoms with Crippen LogP contribution in [0.3, 0.4) is 0 Å². The van der Waals surface area contributed by atoms with Gasteiger partial charge in [0.15, 0.2) is 0 Å². The molecule has 2 nitrogen and oxygen atoms in total. The largest absolute Gasteiger partial charge is 0.395 e. The quantitative estimate of drug-likeness (QED) is 0.482. The molecule has 0 spiro atoms. The molecule has 0 N–H and O–H groups in total. The molecule has 1 aromatic heterocycles. The van der Waals surface area contributed by atoms with Crippen LogP contribution in [0.2, 0.25) is 0 Å². The fourth-order valence-corrected chi connectivity index (χ4v) is 3.51. The molecule has 0 radical (unpaired) electrons.